The molecule has 0 atom stereocenters. The lowest BCUT2D eigenvalue weighted by molar-refractivity contribution is -0.136. The van der Waals surface area contributed by atoms with Gasteiger partial charge in [0.25, 0.3) is 0 Å². The molecule has 1 aliphatic heterocycles. The maximum absolute atomic E-state index is 12.0. The number of halogens is 1. The van der Waals surface area contributed by atoms with Gasteiger partial charge in [0.2, 0.25) is 11.8 Å². The lowest BCUT2D eigenvalue weighted by atomic mass is 10.2. The minimum absolute atomic E-state index is 0.0184. The highest BCUT2D eigenvalue weighted by Gasteiger charge is 2.17. The van der Waals surface area contributed by atoms with E-state index >= 15 is 0 Å². The maximum Gasteiger partial charge on any atom is 0.242 e. The standard InChI is InChI=1S/C16H19ClN4O3/c17-13-2-1-3-14-12(13)10-19-21(14)5-4-15(22)18-11-16(23)20-6-8-24-9-7-20/h1-3,10H,4-9,11H2,(H,18,22). The number of nitrogens with zero attached hydrogens (tertiary/aromatic N) is 3. The minimum Gasteiger partial charge on any atom is -0.378 e. The molecule has 1 aromatic carbocycles. The van der Waals surface area contributed by atoms with Gasteiger partial charge in [-0.25, -0.2) is 0 Å². The van der Waals surface area contributed by atoms with Crippen LogP contribution in [0.5, 0.6) is 0 Å². The summed E-state index contributed by atoms with van der Waals surface area (Å²) in [5.41, 5.74) is 0.889. The van der Waals surface area contributed by atoms with Gasteiger partial charge in [0.05, 0.1) is 43.0 Å². The zero-order chi connectivity index (χ0) is 16.9. The molecule has 0 radical (unpaired) electrons. The zero-order valence-electron chi connectivity index (χ0n) is 13.2. The summed E-state index contributed by atoms with van der Waals surface area (Å²) >= 11 is 6.11. The number of rotatable bonds is 5. The summed E-state index contributed by atoms with van der Waals surface area (Å²) in [5.74, 6) is -0.259. The second-order valence-electron chi connectivity index (χ2n) is 5.56. The van der Waals surface area contributed by atoms with Crippen molar-refractivity contribution < 1.29 is 14.3 Å². The minimum atomic E-state index is -0.178. The van der Waals surface area contributed by atoms with Crippen LogP contribution in [-0.4, -0.2) is 59.3 Å². The molecule has 128 valence electrons. The predicted molar refractivity (Wildman–Crippen MR) is 89.8 cm³/mol. The van der Waals surface area contributed by atoms with E-state index < -0.39 is 0 Å². The molecule has 1 aliphatic rings. The van der Waals surface area contributed by atoms with E-state index in [4.69, 9.17) is 16.3 Å². The van der Waals surface area contributed by atoms with Gasteiger partial charge in [-0.15, -0.1) is 0 Å². The van der Waals surface area contributed by atoms with Crippen LogP contribution in [0.4, 0.5) is 0 Å². The number of hydrogen-bond acceptors (Lipinski definition) is 4. The van der Waals surface area contributed by atoms with Gasteiger partial charge in [-0.3, -0.25) is 14.3 Å². The number of nitrogens with one attached hydrogen (secondary N) is 1. The van der Waals surface area contributed by atoms with Crippen molar-refractivity contribution >= 4 is 34.3 Å². The number of carbonyl (C=O) groups excluding carboxylic acids is 2. The molecule has 0 aliphatic carbocycles. The fourth-order valence-corrected chi connectivity index (χ4v) is 2.86. The Kier molecular flexibility index (Phi) is 5.32. The van der Waals surface area contributed by atoms with Crippen molar-refractivity contribution in [1.29, 1.82) is 0 Å². The fraction of sp³-hybridized carbons (Fsp3) is 0.438. The topological polar surface area (TPSA) is 76.5 Å². The Morgan fingerprint density at radius 2 is 2.08 bits per heavy atom. The van der Waals surface area contributed by atoms with Crippen LogP contribution in [0.15, 0.2) is 24.4 Å². The van der Waals surface area contributed by atoms with Crippen LogP contribution in [0.1, 0.15) is 6.42 Å². The Morgan fingerprint density at radius 1 is 1.29 bits per heavy atom. The van der Waals surface area contributed by atoms with Crippen molar-refractivity contribution in [3.8, 4) is 0 Å². The highest BCUT2D eigenvalue weighted by molar-refractivity contribution is 6.35. The SMILES string of the molecule is O=C(CCn1ncc2c(Cl)cccc21)NCC(=O)N1CCOCC1. The van der Waals surface area contributed by atoms with Gasteiger partial charge in [-0.1, -0.05) is 17.7 Å². The van der Waals surface area contributed by atoms with E-state index in [0.717, 1.165) is 10.9 Å². The monoisotopic (exact) mass is 350 g/mol. The smallest absolute Gasteiger partial charge is 0.242 e. The molecule has 0 unspecified atom stereocenters. The van der Waals surface area contributed by atoms with Crippen molar-refractivity contribution in [2.45, 2.75) is 13.0 Å². The van der Waals surface area contributed by atoms with E-state index in [1.807, 2.05) is 12.1 Å². The number of hydrogen-bond donors (Lipinski definition) is 1. The Balaban J connectivity index is 1.48. The molecule has 3 rings (SSSR count). The third-order valence-electron chi connectivity index (χ3n) is 3.99. The molecule has 2 aromatic rings. The van der Waals surface area contributed by atoms with Crippen LogP contribution in [0.3, 0.4) is 0 Å². The number of benzene rings is 1. The largest absolute Gasteiger partial charge is 0.378 e. The van der Waals surface area contributed by atoms with E-state index in [2.05, 4.69) is 10.4 Å². The van der Waals surface area contributed by atoms with Gasteiger partial charge in [0.15, 0.2) is 0 Å². The molecule has 0 bridgehead atoms. The van der Waals surface area contributed by atoms with Gasteiger partial charge in [-0.2, -0.15) is 5.10 Å². The van der Waals surface area contributed by atoms with Crippen molar-refractivity contribution in [1.82, 2.24) is 20.0 Å². The summed E-state index contributed by atoms with van der Waals surface area (Å²) in [5, 5.41) is 8.42. The Hall–Kier alpha value is -2.12. The average molecular weight is 351 g/mol. The van der Waals surface area contributed by atoms with Gasteiger partial charge in [0, 0.05) is 24.9 Å². The average Bonchev–Trinajstić information content (AvgIpc) is 3.03. The molecular formula is C16H19ClN4O3. The van der Waals surface area contributed by atoms with Crippen LogP contribution in [0, 0.1) is 0 Å². The quantitative estimate of drug-likeness (QED) is 0.874. The molecule has 1 N–H and O–H groups in total. The molecule has 1 aromatic heterocycles. The van der Waals surface area contributed by atoms with Crippen molar-refractivity contribution in [2.24, 2.45) is 0 Å². The third kappa shape index (κ3) is 3.85. The predicted octanol–water partition coefficient (Wildman–Crippen LogP) is 1.05. The summed E-state index contributed by atoms with van der Waals surface area (Å²) in [7, 11) is 0. The summed E-state index contributed by atoms with van der Waals surface area (Å²) in [6.07, 6.45) is 1.94. The van der Waals surface area contributed by atoms with Gasteiger partial charge < -0.3 is 15.0 Å². The number of aromatic nitrogens is 2. The molecule has 8 heteroatoms. The molecule has 1 saturated heterocycles. The van der Waals surface area contributed by atoms with Crippen molar-refractivity contribution in [2.75, 3.05) is 32.8 Å². The van der Waals surface area contributed by atoms with Gasteiger partial charge in [0.1, 0.15) is 0 Å². The first kappa shape index (κ1) is 16.7. The van der Waals surface area contributed by atoms with Gasteiger partial charge in [-0.05, 0) is 12.1 Å². The van der Waals surface area contributed by atoms with Crippen LogP contribution in [0.25, 0.3) is 10.9 Å². The van der Waals surface area contributed by atoms with E-state index in [9.17, 15) is 9.59 Å². The van der Waals surface area contributed by atoms with E-state index in [1.54, 1.807) is 21.8 Å². The molecular weight excluding hydrogens is 332 g/mol. The van der Waals surface area contributed by atoms with Gasteiger partial charge >= 0.3 is 0 Å². The third-order valence-corrected chi connectivity index (χ3v) is 4.32. The Morgan fingerprint density at radius 3 is 2.88 bits per heavy atom. The number of ether oxygens (including phenoxy) is 1. The van der Waals surface area contributed by atoms with E-state index in [0.29, 0.717) is 37.9 Å². The number of carbonyl (C=O) groups is 2. The van der Waals surface area contributed by atoms with Crippen LogP contribution in [0.2, 0.25) is 5.02 Å². The molecule has 0 saturated carbocycles. The number of aryl methyl sites for hydroxylation is 1. The molecule has 7 nitrogen and oxygen atoms in total. The maximum atomic E-state index is 12.0. The summed E-state index contributed by atoms with van der Waals surface area (Å²) in [6.45, 7) is 2.71. The first-order valence-electron chi connectivity index (χ1n) is 7.87. The lowest BCUT2D eigenvalue weighted by Crippen LogP contribution is -2.45. The first-order chi connectivity index (χ1) is 11.6. The van der Waals surface area contributed by atoms with Crippen LogP contribution in [-0.2, 0) is 20.9 Å². The molecule has 0 spiro atoms. The number of morpholine rings is 1. The first-order valence-corrected chi connectivity index (χ1v) is 8.25. The van der Waals surface area contributed by atoms with Crippen molar-refractivity contribution in [3.05, 3.63) is 29.4 Å². The fourth-order valence-electron chi connectivity index (χ4n) is 2.64. The summed E-state index contributed by atoms with van der Waals surface area (Å²) in [4.78, 5) is 25.6. The Labute approximate surface area is 144 Å². The molecule has 2 heterocycles. The number of amides is 2. The van der Waals surface area contributed by atoms with Crippen LogP contribution < -0.4 is 5.32 Å². The second-order valence-corrected chi connectivity index (χ2v) is 5.97. The van der Waals surface area contributed by atoms with E-state index in [-0.39, 0.29) is 24.8 Å². The Bertz CT molecular complexity index is 740. The zero-order valence-corrected chi connectivity index (χ0v) is 14.0. The normalized spacial score (nSPS) is 14.8. The highest BCUT2D eigenvalue weighted by Crippen LogP contribution is 2.22. The van der Waals surface area contributed by atoms with Crippen LogP contribution >= 0.6 is 11.6 Å². The summed E-state index contributed by atoms with van der Waals surface area (Å²) in [6, 6.07) is 5.57. The number of fused-ring (bicyclic) bond motifs is 1. The lowest BCUT2D eigenvalue weighted by Gasteiger charge is -2.26. The van der Waals surface area contributed by atoms with E-state index in [1.165, 1.54) is 0 Å². The molecule has 2 amide bonds. The summed E-state index contributed by atoms with van der Waals surface area (Å²) < 4.78 is 6.94. The second kappa shape index (κ2) is 7.63. The van der Waals surface area contributed by atoms with Crippen molar-refractivity contribution in [3.63, 3.8) is 0 Å². The highest BCUT2D eigenvalue weighted by atomic mass is 35.5. The molecule has 24 heavy (non-hydrogen) atoms. The molecule has 1 fully saturated rings.